The zero-order valence-corrected chi connectivity index (χ0v) is 64.3. The molecule has 10 rings (SSSR count). The SMILES string of the molecule is Cc1ncsc1-c1ccc([C@H](C)NC(=O)[C@@H]2C[C@@H](O)CN2C(=O)[C@@H](NC(=O)CCCCCCN2CCN(CC[C@H](CSc3ccccc3)Nc3ccc(S(=O)(=O)NC(=O)c4ccc(N5CCN(CC6=C(c7ccc(Cl)cc7)CCC(C)(C)C6)CC5)cc4)cc3S(=O)(=O)C(F)(F)F)CC2)C(C)(C)C)cc1. The van der Waals surface area contributed by atoms with Gasteiger partial charge in [-0.1, -0.05) is 119 Å². The van der Waals surface area contributed by atoms with Crippen molar-refractivity contribution in [1.82, 2.24) is 39.9 Å². The van der Waals surface area contributed by atoms with E-state index < -0.39 is 82.3 Å². The van der Waals surface area contributed by atoms with E-state index in [4.69, 9.17) is 11.6 Å². The standard InChI is InChI=1S/C77H98ClF3N10O9S4/c1-52(54-18-20-56(21-19-54)70-53(2)82-51-102-70)83-73(95)67-45-62(92)49-91(67)74(96)71(75(3,4)5)85-69(93)17-13-8-9-14-35-87-37-39-88(40-38-87)36-33-60(50-101-63-15-11-10-12-16-63)84-66-31-30-64(46-68(66)103(97,98)77(79,80)81)104(99,100)86-72(94)57-24-28-61(29-25-57)90-43-41-89(42-44-90)48-58-47-76(6,7)34-32-65(58)55-22-26-59(78)27-23-55/h10-12,15-16,18-31,46,51-52,60,62,67,71,84,92H,8-9,13-14,17,32-45,47-50H2,1-7H3,(H,83,95)(H,85,93)(H,86,94)/t52-,60+,62+,67-,71+/m0/s1. The van der Waals surface area contributed by atoms with Crippen molar-refractivity contribution in [1.29, 1.82) is 0 Å². The summed E-state index contributed by atoms with van der Waals surface area (Å²) in [6.45, 7) is 22.1. The van der Waals surface area contributed by atoms with E-state index in [1.54, 1.807) is 29.0 Å². The molecular weight excluding hydrogens is 1430 g/mol. The number of nitrogens with zero attached hydrogens (tertiary/aromatic N) is 6. The number of rotatable bonds is 29. The van der Waals surface area contributed by atoms with Crippen molar-refractivity contribution in [3.05, 3.63) is 160 Å². The molecule has 1 aliphatic carbocycles. The highest BCUT2D eigenvalue weighted by Crippen LogP contribution is 2.44. The lowest BCUT2D eigenvalue weighted by atomic mass is 9.73. The summed E-state index contributed by atoms with van der Waals surface area (Å²) in [6.07, 6.45) is 6.02. The Hall–Kier alpha value is -6.88. The van der Waals surface area contributed by atoms with Crippen LogP contribution in [0.4, 0.5) is 24.5 Å². The van der Waals surface area contributed by atoms with Gasteiger partial charge in [-0.2, -0.15) is 13.2 Å². The highest BCUT2D eigenvalue weighted by Gasteiger charge is 2.49. The second-order valence-electron chi connectivity index (χ2n) is 29.8. The lowest BCUT2D eigenvalue weighted by Gasteiger charge is -2.39. The minimum Gasteiger partial charge on any atom is -0.391 e. The molecule has 5 atom stereocenters. The molecule has 6 aromatic rings. The summed E-state index contributed by atoms with van der Waals surface area (Å²) in [7, 11) is -11.1. The fraction of sp³-hybridized carbons (Fsp3) is 0.494. The first-order valence-electron chi connectivity index (χ1n) is 35.9. The van der Waals surface area contributed by atoms with Gasteiger partial charge >= 0.3 is 5.51 Å². The normalized spacial score (nSPS) is 19.0. The number of carbonyl (C=O) groups is 4. The average Bonchev–Trinajstić information content (AvgIpc) is 1.10. The van der Waals surface area contributed by atoms with Crippen LogP contribution in [-0.2, 0) is 34.2 Å². The summed E-state index contributed by atoms with van der Waals surface area (Å²) < 4.78 is 100. The average molecular weight is 1530 g/mol. The highest BCUT2D eigenvalue weighted by molar-refractivity contribution is 7.99. The molecule has 0 unspecified atom stereocenters. The van der Waals surface area contributed by atoms with Gasteiger partial charge < -0.3 is 40.7 Å². The Morgan fingerprint density at radius 2 is 1.42 bits per heavy atom. The number of hydrogen-bond acceptors (Lipinski definition) is 17. The van der Waals surface area contributed by atoms with Crippen molar-refractivity contribution in [2.75, 3.05) is 94.5 Å². The van der Waals surface area contributed by atoms with Gasteiger partial charge in [0.05, 0.1) is 38.8 Å². The van der Waals surface area contributed by atoms with Gasteiger partial charge in [-0.3, -0.25) is 24.1 Å². The third-order valence-corrected chi connectivity index (χ3v) is 25.5. The number of aromatic nitrogens is 1. The molecule has 1 aromatic heterocycles. The fourth-order valence-corrected chi connectivity index (χ4v) is 18.1. The quantitative estimate of drug-likeness (QED) is 0.0217. The summed E-state index contributed by atoms with van der Waals surface area (Å²) >= 11 is 9.22. The van der Waals surface area contributed by atoms with E-state index in [0.29, 0.717) is 62.4 Å². The monoisotopic (exact) mass is 1530 g/mol. The van der Waals surface area contributed by atoms with E-state index in [9.17, 15) is 54.3 Å². The van der Waals surface area contributed by atoms with E-state index in [0.717, 1.165) is 122 Å². The summed E-state index contributed by atoms with van der Waals surface area (Å²) in [5, 5.41) is 20.5. The van der Waals surface area contributed by atoms with Gasteiger partial charge in [0.2, 0.25) is 17.7 Å². The molecule has 0 spiro atoms. The molecule has 4 amide bonds. The van der Waals surface area contributed by atoms with Crippen LogP contribution in [0.1, 0.15) is 139 Å². The number of β-amino-alcohol motifs (C(OH)–C–C–N with tert-alkyl or cyclic N) is 1. The van der Waals surface area contributed by atoms with Crippen molar-refractivity contribution in [2.24, 2.45) is 10.8 Å². The van der Waals surface area contributed by atoms with Gasteiger partial charge in [-0.25, -0.2) is 26.5 Å². The van der Waals surface area contributed by atoms with Crippen LogP contribution in [0.25, 0.3) is 16.0 Å². The largest absolute Gasteiger partial charge is 0.501 e. The van der Waals surface area contributed by atoms with Crippen LogP contribution >= 0.6 is 34.7 Å². The Morgan fingerprint density at radius 1 is 0.779 bits per heavy atom. The highest BCUT2D eigenvalue weighted by atomic mass is 35.5. The van der Waals surface area contributed by atoms with Gasteiger partial charge in [0.25, 0.3) is 25.8 Å². The van der Waals surface area contributed by atoms with Crippen LogP contribution < -0.4 is 25.6 Å². The molecule has 0 saturated carbocycles. The number of halogens is 4. The van der Waals surface area contributed by atoms with Crippen LogP contribution in [0.2, 0.25) is 5.02 Å². The van der Waals surface area contributed by atoms with Crippen LogP contribution in [0.3, 0.4) is 0 Å². The Labute approximate surface area is 624 Å². The van der Waals surface area contributed by atoms with Crippen molar-refractivity contribution < 1.29 is 54.3 Å². The molecule has 27 heteroatoms. The molecule has 3 fully saturated rings. The van der Waals surface area contributed by atoms with Gasteiger partial charge in [0.1, 0.15) is 17.0 Å². The minimum atomic E-state index is -6.15. The van der Waals surface area contributed by atoms with Gasteiger partial charge in [0, 0.05) is 118 Å². The Kier molecular flexibility index (Phi) is 26.6. The molecule has 19 nitrogen and oxygen atoms in total. The lowest BCUT2D eigenvalue weighted by Crippen LogP contribution is -2.57. The number of alkyl halides is 3. The summed E-state index contributed by atoms with van der Waals surface area (Å²) in [5.74, 6) is -1.81. The van der Waals surface area contributed by atoms with E-state index in [-0.39, 0.29) is 48.2 Å². The predicted octanol–water partition coefficient (Wildman–Crippen LogP) is 12.9. The maximum Gasteiger partial charge on any atom is 0.501 e. The number of aryl methyl sites for hydroxylation is 1. The maximum absolute atomic E-state index is 14.6. The van der Waals surface area contributed by atoms with Crippen molar-refractivity contribution >= 4 is 95.1 Å². The van der Waals surface area contributed by atoms with E-state index >= 15 is 0 Å². The van der Waals surface area contributed by atoms with Gasteiger partial charge in [-0.05, 0) is 159 Å². The molecule has 4 heterocycles. The Balaban J connectivity index is 0.682. The smallest absolute Gasteiger partial charge is 0.391 e. The number of thiazole rings is 1. The van der Waals surface area contributed by atoms with E-state index in [2.05, 4.69) is 66.5 Å². The first kappa shape index (κ1) is 79.7. The fourth-order valence-electron chi connectivity index (χ4n) is 14.1. The first-order chi connectivity index (χ1) is 49.3. The van der Waals surface area contributed by atoms with Crippen molar-refractivity contribution in [2.45, 2.75) is 163 Å². The van der Waals surface area contributed by atoms with Gasteiger partial charge in [0.15, 0.2) is 0 Å². The number of piperazine rings is 2. The number of sulfone groups is 1. The number of aliphatic hydroxyl groups excluding tert-OH is 1. The third kappa shape index (κ3) is 21.0. The third-order valence-electron chi connectivity index (χ3n) is 20.2. The lowest BCUT2D eigenvalue weighted by molar-refractivity contribution is -0.144. The number of unbranched alkanes of at least 4 members (excludes halogenated alkanes) is 3. The van der Waals surface area contributed by atoms with Gasteiger partial charge in [-0.15, -0.1) is 23.1 Å². The van der Waals surface area contributed by atoms with E-state index in [1.165, 1.54) is 45.5 Å². The van der Waals surface area contributed by atoms with Crippen LogP contribution in [0.5, 0.6) is 0 Å². The second kappa shape index (κ2) is 34.8. The Bertz CT molecular complexity index is 4200. The molecule has 0 bridgehead atoms. The topological polar surface area (TPSA) is 234 Å². The maximum atomic E-state index is 14.6. The molecule has 3 aliphatic heterocycles. The molecule has 104 heavy (non-hydrogen) atoms. The number of nitrogens with one attached hydrogen (secondary N) is 4. The predicted molar refractivity (Wildman–Crippen MR) is 407 cm³/mol. The Morgan fingerprint density at radius 3 is 2.07 bits per heavy atom. The van der Waals surface area contributed by atoms with Crippen molar-refractivity contribution in [3.63, 3.8) is 0 Å². The van der Waals surface area contributed by atoms with Crippen LogP contribution in [-0.4, -0.2) is 184 Å². The number of thioether (sulfide) groups is 1. The molecule has 4 aliphatic rings. The number of amides is 4. The van der Waals surface area contributed by atoms with E-state index in [1.807, 2.05) is 106 Å². The molecular formula is C77H98ClF3N10O9S4. The number of aliphatic hydroxyl groups is 1. The number of anilines is 2. The number of benzene rings is 5. The zero-order valence-electron chi connectivity index (χ0n) is 60.3. The second-order valence-corrected chi connectivity index (χ2v) is 35.7. The summed E-state index contributed by atoms with van der Waals surface area (Å²) in [6, 6.07) is 31.3. The molecule has 5 aromatic carbocycles. The summed E-state index contributed by atoms with van der Waals surface area (Å²) in [4.78, 5) is 70.0. The van der Waals surface area contributed by atoms with Crippen LogP contribution in [0.15, 0.2) is 147 Å². The summed E-state index contributed by atoms with van der Waals surface area (Å²) in [5.41, 5.74) is 2.74. The number of allylic oxidation sites excluding steroid dienone is 1. The number of likely N-dealkylation sites (tertiary alicyclic amines) is 1. The van der Waals surface area contributed by atoms with Crippen LogP contribution in [0, 0.1) is 17.8 Å². The molecule has 3 saturated heterocycles. The first-order valence-corrected chi connectivity index (χ1v) is 41.1. The minimum absolute atomic E-state index is 0.0251. The zero-order chi connectivity index (χ0) is 74.7. The molecule has 5 N–H and O–H groups in total. The number of carbonyl (C=O) groups excluding carboxylic acids is 4. The number of sulfonamides is 1. The molecule has 0 radical (unpaired) electrons. The molecule has 562 valence electrons. The number of hydrogen-bond donors (Lipinski definition) is 5. The van der Waals surface area contributed by atoms with Crippen molar-refractivity contribution in [3.8, 4) is 10.4 Å².